The lowest BCUT2D eigenvalue weighted by atomic mass is 10.1. The summed E-state index contributed by atoms with van der Waals surface area (Å²) in [6, 6.07) is 3.31. The maximum Gasteiger partial charge on any atom is 0.231 e. The molecular formula is C9H9BrFNO2. The number of hydrogen-bond acceptors (Lipinski definition) is 3. The molecule has 2 rings (SSSR count). The number of benzene rings is 1. The van der Waals surface area contributed by atoms with Crippen LogP contribution in [0.25, 0.3) is 0 Å². The average Bonchev–Trinajstić information content (AvgIpc) is 2.62. The largest absolute Gasteiger partial charge is 0.454 e. The third-order valence-electron chi connectivity index (χ3n) is 2.04. The maximum atomic E-state index is 13.3. The van der Waals surface area contributed by atoms with E-state index < -0.39 is 6.17 Å². The smallest absolute Gasteiger partial charge is 0.231 e. The first-order valence-corrected chi connectivity index (χ1v) is 4.95. The van der Waals surface area contributed by atoms with Gasteiger partial charge in [0.2, 0.25) is 6.79 Å². The molecule has 1 aromatic carbocycles. The second kappa shape index (κ2) is 3.74. The van der Waals surface area contributed by atoms with Gasteiger partial charge in [0, 0.05) is 16.6 Å². The molecule has 1 aromatic rings. The topological polar surface area (TPSA) is 44.5 Å². The lowest BCUT2D eigenvalue weighted by molar-refractivity contribution is 0.174. The highest BCUT2D eigenvalue weighted by molar-refractivity contribution is 9.10. The Labute approximate surface area is 89.1 Å². The molecule has 76 valence electrons. The normalized spacial score (nSPS) is 15.6. The van der Waals surface area contributed by atoms with Crippen LogP contribution in [0.5, 0.6) is 11.5 Å². The standard InChI is InChI=1S/C9H9BrFNO2/c10-6-2-9-8(13-4-14-9)1-5(6)7(11)3-12/h1-2,7H,3-4,12H2. The van der Waals surface area contributed by atoms with Crippen LogP contribution in [0.3, 0.4) is 0 Å². The lowest BCUT2D eigenvalue weighted by Crippen LogP contribution is -2.08. The molecule has 1 aliphatic heterocycles. The summed E-state index contributed by atoms with van der Waals surface area (Å²) < 4.78 is 24.3. The molecule has 0 radical (unpaired) electrons. The molecule has 2 N–H and O–H groups in total. The van der Waals surface area contributed by atoms with E-state index in [0.717, 1.165) is 0 Å². The van der Waals surface area contributed by atoms with Gasteiger partial charge in [0.05, 0.1) is 0 Å². The molecule has 0 aliphatic carbocycles. The summed E-state index contributed by atoms with van der Waals surface area (Å²) in [6.45, 7) is 0.142. The van der Waals surface area contributed by atoms with E-state index in [9.17, 15) is 4.39 Å². The van der Waals surface area contributed by atoms with Gasteiger partial charge in [-0.25, -0.2) is 4.39 Å². The molecule has 1 unspecified atom stereocenters. The Balaban J connectivity index is 2.42. The van der Waals surface area contributed by atoms with Crippen molar-refractivity contribution in [2.24, 2.45) is 5.73 Å². The Morgan fingerprint density at radius 3 is 2.71 bits per heavy atom. The minimum Gasteiger partial charge on any atom is -0.454 e. The average molecular weight is 262 g/mol. The highest BCUT2D eigenvalue weighted by Gasteiger charge is 2.20. The number of fused-ring (bicyclic) bond motifs is 1. The van der Waals surface area contributed by atoms with Gasteiger partial charge in [0.15, 0.2) is 11.5 Å². The molecule has 14 heavy (non-hydrogen) atoms. The monoisotopic (exact) mass is 261 g/mol. The Bertz CT molecular complexity index is 359. The molecular weight excluding hydrogens is 253 g/mol. The zero-order valence-corrected chi connectivity index (χ0v) is 8.88. The van der Waals surface area contributed by atoms with E-state index in [1.54, 1.807) is 12.1 Å². The minimum absolute atomic E-state index is 0.0434. The molecule has 0 saturated heterocycles. The zero-order chi connectivity index (χ0) is 10.1. The molecule has 3 nitrogen and oxygen atoms in total. The van der Waals surface area contributed by atoms with E-state index in [2.05, 4.69) is 15.9 Å². The van der Waals surface area contributed by atoms with Crippen LogP contribution in [0, 0.1) is 0 Å². The van der Waals surface area contributed by atoms with Crippen LogP contribution in [0.4, 0.5) is 4.39 Å². The summed E-state index contributed by atoms with van der Waals surface area (Å²) in [5.41, 5.74) is 5.75. The molecule has 5 heteroatoms. The predicted molar refractivity (Wildman–Crippen MR) is 53.2 cm³/mol. The van der Waals surface area contributed by atoms with Crippen molar-refractivity contribution in [2.75, 3.05) is 13.3 Å². The van der Waals surface area contributed by atoms with E-state index in [1.165, 1.54) is 0 Å². The Kier molecular flexibility index (Phi) is 2.60. The number of hydrogen-bond donors (Lipinski definition) is 1. The Hall–Kier alpha value is -0.810. The number of rotatable bonds is 2. The van der Waals surface area contributed by atoms with Crippen LogP contribution in [-0.2, 0) is 0 Å². The van der Waals surface area contributed by atoms with E-state index in [4.69, 9.17) is 15.2 Å². The van der Waals surface area contributed by atoms with Crippen molar-refractivity contribution in [3.63, 3.8) is 0 Å². The summed E-state index contributed by atoms with van der Waals surface area (Å²) in [5.74, 6) is 1.20. The summed E-state index contributed by atoms with van der Waals surface area (Å²) in [4.78, 5) is 0. The van der Waals surface area contributed by atoms with Crippen molar-refractivity contribution in [2.45, 2.75) is 6.17 Å². The molecule has 0 saturated carbocycles. The molecule has 0 amide bonds. The van der Waals surface area contributed by atoms with Crippen LogP contribution in [-0.4, -0.2) is 13.3 Å². The molecule has 0 aromatic heterocycles. The second-order valence-electron chi connectivity index (χ2n) is 2.93. The lowest BCUT2D eigenvalue weighted by Gasteiger charge is -2.09. The number of nitrogens with two attached hydrogens (primary N) is 1. The van der Waals surface area contributed by atoms with Crippen molar-refractivity contribution in [3.8, 4) is 11.5 Å². The third kappa shape index (κ3) is 1.57. The molecule has 0 bridgehead atoms. The summed E-state index contributed by atoms with van der Waals surface area (Å²) in [7, 11) is 0. The van der Waals surface area contributed by atoms with E-state index in [-0.39, 0.29) is 13.3 Å². The van der Waals surface area contributed by atoms with Crippen molar-refractivity contribution < 1.29 is 13.9 Å². The van der Waals surface area contributed by atoms with Gasteiger partial charge < -0.3 is 15.2 Å². The van der Waals surface area contributed by atoms with Crippen molar-refractivity contribution >= 4 is 15.9 Å². The van der Waals surface area contributed by atoms with Gasteiger partial charge >= 0.3 is 0 Å². The third-order valence-corrected chi connectivity index (χ3v) is 2.72. The fourth-order valence-electron chi connectivity index (χ4n) is 1.30. The molecule has 1 aliphatic rings. The summed E-state index contributed by atoms with van der Waals surface area (Å²) in [5, 5.41) is 0. The van der Waals surface area contributed by atoms with Crippen LogP contribution in [0.1, 0.15) is 11.7 Å². The van der Waals surface area contributed by atoms with E-state index in [0.29, 0.717) is 21.5 Å². The number of ether oxygens (including phenoxy) is 2. The number of alkyl halides is 1. The number of halogens is 2. The van der Waals surface area contributed by atoms with Crippen LogP contribution in [0.2, 0.25) is 0 Å². The van der Waals surface area contributed by atoms with Crippen LogP contribution >= 0.6 is 15.9 Å². The van der Waals surface area contributed by atoms with Gasteiger partial charge in [-0.05, 0) is 12.1 Å². The fourth-order valence-corrected chi connectivity index (χ4v) is 1.87. The highest BCUT2D eigenvalue weighted by atomic mass is 79.9. The Morgan fingerprint density at radius 1 is 1.43 bits per heavy atom. The summed E-state index contributed by atoms with van der Waals surface area (Å²) in [6.07, 6.45) is -1.18. The van der Waals surface area contributed by atoms with Gasteiger partial charge in [-0.2, -0.15) is 0 Å². The van der Waals surface area contributed by atoms with Crippen LogP contribution < -0.4 is 15.2 Å². The predicted octanol–water partition coefficient (Wildman–Crippen LogP) is 2.15. The first kappa shape index (κ1) is 9.73. The fraction of sp³-hybridized carbons (Fsp3) is 0.333. The zero-order valence-electron chi connectivity index (χ0n) is 7.30. The van der Waals surface area contributed by atoms with Crippen molar-refractivity contribution in [1.82, 2.24) is 0 Å². The maximum absolute atomic E-state index is 13.3. The van der Waals surface area contributed by atoms with Crippen LogP contribution in [0.15, 0.2) is 16.6 Å². The minimum atomic E-state index is -1.18. The van der Waals surface area contributed by atoms with Gasteiger partial charge in [-0.1, -0.05) is 15.9 Å². The van der Waals surface area contributed by atoms with Gasteiger partial charge in [0.25, 0.3) is 0 Å². The second-order valence-corrected chi connectivity index (χ2v) is 3.78. The molecule has 1 heterocycles. The van der Waals surface area contributed by atoms with Gasteiger partial charge in [-0.3, -0.25) is 0 Å². The highest BCUT2D eigenvalue weighted by Crippen LogP contribution is 2.39. The quantitative estimate of drug-likeness (QED) is 0.888. The molecule has 0 spiro atoms. The van der Waals surface area contributed by atoms with Gasteiger partial charge in [0.1, 0.15) is 6.17 Å². The SMILES string of the molecule is NCC(F)c1cc2c(cc1Br)OCO2. The Morgan fingerprint density at radius 2 is 2.07 bits per heavy atom. The molecule has 1 atom stereocenters. The van der Waals surface area contributed by atoms with Crippen molar-refractivity contribution in [1.29, 1.82) is 0 Å². The first-order chi connectivity index (χ1) is 6.72. The van der Waals surface area contributed by atoms with Crippen molar-refractivity contribution in [3.05, 3.63) is 22.2 Å². The van der Waals surface area contributed by atoms with E-state index >= 15 is 0 Å². The molecule has 0 fully saturated rings. The van der Waals surface area contributed by atoms with Gasteiger partial charge in [-0.15, -0.1) is 0 Å². The summed E-state index contributed by atoms with van der Waals surface area (Å²) >= 11 is 3.26. The van der Waals surface area contributed by atoms with E-state index in [1.807, 2.05) is 0 Å². The first-order valence-electron chi connectivity index (χ1n) is 4.15.